The molecule has 0 aliphatic rings. The monoisotopic (exact) mass is 1190 g/mol. The number of esters is 1. The number of aromatic nitrogens is 4. The van der Waals surface area contributed by atoms with Crippen LogP contribution in [0.3, 0.4) is 0 Å². The van der Waals surface area contributed by atoms with Crippen LogP contribution in [-0.2, 0) is 36.8 Å². The van der Waals surface area contributed by atoms with Gasteiger partial charge in [0.1, 0.15) is 0 Å². The number of aliphatic carboxylic acids is 1. The van der Waals surface area contributed by atoms with E-state index in [9.17, 15) is 33.9 Å². The predicted octanol–water partition coefficient (Wildman–Crippen LogP) is 11.2. The average Bonchev–Trinajstić information content (AvgIpc) is 3.01. The number of aliphatic hydroxyl groups excluding tert-OH is 1. The van der Waals surface area contributed by atoms with E-state index in [1.807, 2.05) is 131 Å². The smallest absolute Gasteiger partial charge is 0.306 e. The Morgan fingerprint density at radius 2 is 0.929 bits per heavy atom. The van der Waals surface area contributed by atoms with Crippen LogP contribution in [0.2, 0.25) is 0 Å². The van der Waals surface area contributed by atoms with E-state index in [1.54, 1.807) is 46.9 Å². The zero-order chi connectivity index (χ0) is 60.8. The number of aryl methyl sites for hydroxylation is 4. The zero-order valence-electron chi connectivity index (χ0n) is 52.1. The van der Waals surface area contributed by atoms with Gasteiger partial charge in [0.25, 0.3) is 11.1 Å². The van der Waals surface area contributed by atoms with E-state index in [-0.39, 0.29) is 93.8 Å². The maximum Gasteiger partial charge on any atom is 0.306 e. The molecule has 458 valence electrons. The van der Waals surface area contributed by atoms with Gasteiger partial charge in [-0.3, -0.25) is 38.7 Å². The number of nitrogens with zero attached hydrogens (tertiary/aromatic N) is 6. The van der Waals surface area contributed by atoms with Crippen LogP contribution in [0.15, 0.2) is 120 Å². The van der Waals surface area contributed by atoms with Gasteiger partial charge >= 0.3 is 11.9 Å². The van der Waals surface area contributed by atoms with E-state index in [0.29, 0.717) is 18.4 Å². The van der Waals surface area contributed by atoms with Crippen LogP contribution in [0.1, 0.15) is 142 Å². The van der Waals surface area contributed by atoms with Gasteiger partial charge in [0.2, 0.25) is 0 Å². The molecule has 0 aliphatic carbocycles. The third kappa shape index (κ3) is 22.8. The molecule has 0 fully saturated rings. The minimum atomic E-state index is -0.978. The van der Waals surface area contributed by atoms with Crippen molar-refractivity contribution in [2.75, 3.05) is 55.0 Å². The first-order chi connectivity index (χ1) is 38.9. The van der Waals surface area contributed by atoms with Gasteiger partial charge in [-0.05, 0) is 168 Å². The third-order valence-electron chi connectivity index (χ3n) is 14.5. The highest BCUT2D eigenvalue weighted by Crippen LogP contribution is 2.35. The summed E-state index contributed by atoms with van der Waals surface area (Å²) in [5, 5.41) is 17.3. The van der Waals surface area contributed by atoms with Gasteiger partial charge < -0.3 is 33.9 Å². The van der Waals surface area contributed by atoms with E-state index < -0.39 is 35.9 Å². The number of likely N-dealkylation sites (N-methyl/N-ethyl adjacent to an activating group) is 2. The number of rotatable bonds is 26. The molecule has 6 aromatic rings. The minimum Gasteiger partial charge on any atom is -0.481 e. The molecule has 0 saturated heterocycles. The van der Waals surface area contributed by atoms with Crippen molar-refractivity contribution in [3.05, 3.63) is 175 Å². The number of hydrogen-bond donors (Lipinski definition) is 2. The van der Waals surface area contributed by atoms with Crippen molar-refractivity contribution in [3.63, 3.8) is 0 Å². The molecule has 0 saturated carbocycles. The molecule has 2 unspecified atom stereocenters. The van der Waals surface area contributed by atoms with Crippen molar-refractivity contribution < 1.29 is 34.1 Å². The van der Waals surface area contributed by atoms with Crippen LogP contribution in [0.5, 0.6) is 0 Å². The number of carboxylic acids is 1. The largest absolute Gasteiger partial charge is 0.481 e. The first kappa shape index (κ1) is 73.6. The Balaban J connectivity index is 0.000000536. The Morgan fingerprint density at radius 3 is 1.25 bits per heavy atom. The number of benzene rings is 2. The number of methoxy groups -OCH3 is 1. The van der Waals surface area contributed by atoms with E-state index >= 15 is 0 Å². The fraction of sp³-hybridized carbons (Fsp3) is 0.463. The molecule has 84 heavy (non-hydrogen) atoms. The number of hydrogen-bond acceptors (Lipinski definition) is 12. The Hall–Kier alpha value is -6.50. The SMILES string of the molecule is CCO.COC(=O)C[C@H](CC(=O)C(CC(C)C)n1cc(CCN(C)C)ccc1=O)c1cncc(-c2c(C)cccc2C)c1.Cc1cccc(C)c1-c1cncc([C@H](CC(=O)O)CC(=O)C(CC(C)C)n2cc(CCN(C)C)ccc2=O)c1.S.S. The van der Waals surface area contributed by atoms with E-state index in [0.717, 1.165) is 87.1 Å². The molecule has 0 aliphatic heterocycles. The van der Waals surface area contributed by atoms with Crippen LogP contribution >= 0.6 is 27.0 Å². The second kappa shape index (κ2) is 36.4. The number of ether oxygens (including phenoxy) is 1. The normalized spacial score (nSPS) is 12.4. The number of ketones is 2. The highest BCUT2D eigenvalue weighted by atomic mass is 32.1. The van der Waals surface area contributed by atoms with Crippen molar-refractivity contribution in [1.82, 2.24) is 28.9 Å². The number of carbonyl (C=O) groups is 4. The van der Waals surface area contributed by atoms with Crippen LogP contribution in [0.4, 0.5) is 0 Å². The first-order valence-corrected chi connectivity index (χ1v) is 28.6. The lowest BCUT2D eigenvalue weighted by molar-refractivity contribution is -0.141. The summed E-state index contributed by atoms with van der Waals surface area (Å²) in [7, 11) is 9.36. The predicted molar refractivity (Wildman–Crippen MR) is 348 cm³/mol. The fourth-order valence-electron chi connectivity index (χ4n) is 10.3. The average molecular weight is 1190 g/mol. The second-order valence-electron chi connectivity index (χ2n) is 22.9. The van der Waals surface area contributed by atoms with Crippen LogP contribution < -0.4 is 11.1 Å². The molecule has 6 rings (SSSR count). The maximum absolute atomic E-state index is 14.0. The minimum absolute atomic E-state index is 0. The number of aliphatic hydroxyl groups is 1. The molecule has 0 amide bonds. The molecular weight excluding hydrogens is 1100 g/mol. The van der Waals surface area contributed by atoms with E-state index in [2.05, 4.69) is 45.7 Å². The first-order valence-electron chi connectivity index (χ1n) is 28.6. The number of carboxylic acid groups (broad SMARTS) is 1. The summed E-state index contributed by atoms with van der Waals surface area (Å²) in [6, 6.07) is 21.6. The molecule has 2 N–H and O–H groups in total. The fourth-order valence-corrected chi connectivity index (χ4v) is 10.3. The molecular formula is C67H94N6O9S2. The van der Waals surface area contributed by atoms with Crippen molar-refractivity contribution in [2.45, 2.75) is 138 Å². The Labute approximate surface area is 512 Å². The summed E-state index contributed by atoms with van der Waals surface area (Å²) in [6.07, 6.45) is 13.1. The molecule has 4 atom stereocenters. The molecule has 15 nitrogen and oxygen atoms in total. The topological polar surface area (TPSA) is 194 Å². The van der Waals surface area contributed by atoms with Gasteiger partial charge in [-0.25, -0.2) is 0 Å². The van der Waals surface area contributed by atoms with Gasteiger partial charge in [0.05, 0.1) is 32.0 Å². The second-order valence-corrected chi connectivity index (χ2v) is 22.9. The highest BCUT2D eigenvalue weighted by Gasteiger charge is 2.30. The molecule has 0 spiro atoms. The van der Waals surface area contributed by atoms with E-state index in [1.165, 1.54) is 13.2 Å². The summed E-state index contributed by atoms with van der Waals surface area (Å²) < 4.78 is 8.14. The molecule has 4 heterocycles. The third-order valence-corrected chi connectivity index (χ3v) is 14.5. The quantitative estimate of drug-likeness (QED) is 0.0488. The summed E-state index contributed by atoms with van der Waals surface area (Å²) in [4.78, 5) is 91.2. The van der Waals surface area contributed by atoms with Crippen LogP contribution in [0, 0.1) is 39.5 Å². The van der Waals surface area contributed by atoms with Gasteiger partial charge in [0, 0.05) is 105 Å². The highest BCUT2D eigenvalue weighted by molar-refractivity contribution is 7.59. The van der Waals surface area contributed by atoms with Crippen LogP contribution in [-0.4, -0.2) is 118 Å². The van der Waals surface area contributed by atoms with Gasteiger partial charge in [-0.15, -0.1) is 0 Å². The number of carbonyl (C=O) groups excluding carboxylic acids is 3. The Bertz CT molecular complexity index is 3150. The maximum atomic E-state index is 14.0. The number of pyridine rings is 4. The van der Waals surface area contributed by atoms with Crippen molar-refractivity contribution in [1.29, 1.82) is 0 Å². The Kier molecular flexibility index (Phi) is 31.9. The molecule has 2 aromatic carbocycles. The summed E-state index contributed by atoms with van der Waals surface area (Å²) >= 11 is 0. The molecule has 17 heteroatoms. The van der Waals surface area contributed by atoms with Gasteiger partial charge in [-0.2, -0.15) is 27.0 Å². The van der Waals surface area contributed by atoms with E-state index in [4.69, 9.17) is 9.84 Å². The Morgan fingerprint density at radius 1 is 0.571 bits per heavy atom. The van der Waals surface area contributed by atoms with Crippen molar-refractivity contribution in [3.8, 4) is 22.3 Å². The lowest BCUT2D eigenvalue weighted by Crippen LogP contribution is -2.32. The van der Waals surface area contributed by atoms with Crippen LogP contribution in [0.25, 0.3) is 22.3 Å². The summed E-state index contributed by atoms with van der Waals surface area (Å²) in [5.41, 5.74) is 11.5. The summed E-state index contributed by atoms with van der Waals surface area (Å²) in [5.74, 6) is -2.21. The lowest BCUT2D eigenvalue weighted by Gasteiger charge is -2.24. The van der Waals surface area contributed by atoms with Gasteiger partial charge in [0.15, 0.2) is 11.6 Å². The zero-order valence-corrected chi connectivity index (χ0v) is 54.1. The van der Waals surface area contributed by atoms with Crippen molar-refractivity contribution >= 4 is 50.5 Å². The molecule has 0 radical (unpaired) electrons. The summed E-state index contributed by atoms with van der Waals surface area (Å²) in [6.45, 7) is 19.9. The van der Waals surface area contributed by atoms with Gasteiger partial charge in [-0.1, -0.05) is 76.2 Å². The number of Topliss-reactive ketones (excluding diaryl/α,β-unsaturated/α-hetero) is 2. The lowest BCUT2D eigenvalue weighted by atomic mass is 9.86. The standard InChI is InChI=1S/C33H43N3O4.C32H41N3O4.C2H6O.2H2S/c1-22(2)15-29(36-21-25(11-12-31(36)38)13-14-35(5)6)30(37)17-26(18-32(39)40-7)27-16-28(20-34-19-27)33-23(3)9-8-10-24(33)4;1-21(2)14-28(35-20-24(10-11-30(35)37)12-13-34(5)6)29(36)16-25(17-31(38)39)26-15-27(19-33-18-26)32-22(3)8-7-9-23(32)4;1-2-3;;/h8-12,16,19-22,26,29H,13-15,17-18H2,1-7H3;7-11,15,18-21,25,28H,12-14,16-17H2,1-6H3,(H,38,39);3H,2H2,1H3;2*1H2/t26-,29?;25-,28?;;;/m00.../s1. The molecule has 0 bridgehead atoms. The molecule has 4 aromatic heterocycles. The van der Waals surface area contributed by atoms with Crippen molar-refractivity contribution in [2.24, 2.45) is 11.8 Å².